The first-order valence-corrected chi connectivity index (χ1v) is 7.58. The van der Waals surface area contributed by atoms with Crippen LogP contribution in [-0.4, -0.2) is 34.5 Å². The van der Waals surface area contributed by atoms with Gasteiger partial charge in [-0.2, -0.15) is 5.10 Å². The Balaban J connectivity index is 1.75. The quantitative estimate of drug-likeness (QED) is 0.741. The van der Waals surface area contributed by atoms with Gasteiger partial charge in [0.15, 0.2) is 0 Å². The summed E-state index contributed by atoms with van der Waals surface area (Å²) in [7, 11) is 1.45. The van der Waals surface area contributed by atoms with Crippen molar-refractivity contribution in [2.45, 2.75) is 6.04 Å². The Hall–Kier alpha value is -2.80. The lowest BCUT2D eigenvalue weighted by atomic mass is 10.1. The summed E-state index contributed by atoms with van der Waals surface area (Å²) < 4.78 is 11.6. The Bertz CT molecular complexity index is 799. The van der Waals surface area contributed by atoms with Crippen molar-refractivity contribution in [3.63, 3.8) is 0 Å². The van der Waals surface area contributed by atoms with Crippen LogP contribution in [0.15, 0.2) is 53.3 Å². The Labute approximate surface area is 143 Å². The number of halogens is 1. The van der Waals surface area contributed by atoms with E-state index < -0.39 is 0 Å². The Morgan fingerprint density at radius 1 is 1.42 bits per heavy atom. The molecule has 1 N–H and O–H groups in total. The first-order valence-electron chi connectivity index (χ1n) is 7.21. The van der Waals surface area contributed by atoms with Gasteiger partial charge < -0.3 is 14.6 Å². The summed E-state index contributed by atoms with van der Waals surface area (Å²) in [5, 5.41) is 11.3. The van der Waals surface area contributed by atoms with Crippen LogP contribution in [-0.2, 0) is 0 Å². The summed E-state index contributed by atoms with van der Waals surface area (Å²) in [5.41, 5.74) is 0.971. The van der Waals surface area contributed by atoms with E-state index in [-0.39, 0.29) is 23.6 Å². The smallest absolute Gasteiger partial charge is 0.290 e. The van der Waals surface area contributed by atoms with Gasteiger partial charge in [0.1, 0.15) is 0 Å². The molecule has 7 nitrogen and oxygen atoms in total. The fraction of sp³-hybridized carbons (Fsp3) is 0.188. The molecule has 0 saturated carbocycles. The normalized spacial score (nSPS) is 11.9. The van der Waals surface area contributed by atoms with Crippen molar-refractivity contribution >= 4 is 17.5 Å². The third kappa shape index (κ3) is 3.57. The highest BCUT2D eigenvalue weighted by Gasteiger charge is 2.18. The highest BCUT2D eigenvalue weighted by atomic mass is 35.5. The lowest BCUT2D eigenvalue weighted by Crippen LogP contribution is -2.31. The zero-order valence-corrected chi connectivity index (χ0v) is 13.6. The molecular formula is C16H15ClN4O3. The number of aromatic nitrogens is 3. The number of hydrogen-bond donors (Lipinski definition) is 1. The van der Waals surface area contributed by atoms with Gasteiger partial charge in [0.05, 0.1) is 19.2 Å². The second-order valence-corrected chi connectivity index (χ2v) is 5.43. The largest absolute Gasteiger partial charge is 0.479 e. The molecule has 1 atom stereocenters. The molecule has 0 spiro atoms. The van der Waals surface area contributed by atoms with Crippen molar-refractivity contribution in [3.8, 4) is 5.88 Å². The number of carbonyl (C=O) groups is 1. The molecule has 1 amide bonds. The molecule has 2 aromatic heterocycles. The average Bonchev–Trinajstić information content (AvgIpc) is 3.28. The number of amides is 1. The number of carbonyl (C=O) groups excluding carboxylic acids is 1. The fourth-order valence-corrected chi connectivity index (χ4v) is 2.38. The maximum absolute atomic E-state index is 12.2. The maximum Gasteiger partial charge on any atom is 0.290 e. The molecule has 1 aromatic carbocycles. The van der Waals surface area contributed by atoms with E-state index in [1.165, 1.54) is 13.2 Å². The Morgan fingerprint density at radius 2 is 2.21 bits per heavy atom. The zero-order valence-electron chi connectivity index (χ0n) is 12.8. The van der Waals surface area contributed by atoms with Crippen molar-refractivity contribution in [1.82, 2.24) is 20.3 Å². The van der Waals surface area contributed by atoms with Crippen LogP contribution in [0, 0.1) is 0 Å². The fourth-order valence-electron chi connectivity index (χ4n) is 2.25. The number of benzene rings is 1. The van der Waals surface area contributed by atoms with Crippen LogP contribution in [0.2, 0.25) is 5.02 Å². The highest BCUT2D eigenvalue weighted by molar-refractivity contribution is 6.30. The van der Waals surface area contributed by atoms with Gasteiger partial charge in [0, 0.05) is 24.0 Å². The number of ether oxygens (including phenoxy) is 1. The zero-order chi connectivity index (χ0) is 16.9. The van der Waals surface area contributed by atoms with E-state index in [2.05, 4.69) is 15.6 Å². The van der Waals surface area contributed by atoms with Crippen molar-refractivity contribution in [2.24, 2.45) is 0 Å². The van der Waals surface area contributed by atoms with Gasteiger partial charge in [-0.1, -0.05) is 23.7 Å². The number of nitrogens with zero attached hydrogens (tertiary/aromatic N) is 3. The summed E-state index contributed by atoms with van der Waals surface area (Å²) in [6, 6.07) is 10.5. The van der Waals surface area contributed by atoms with Gasteiger partial charge in [-0.25, -0.2) is 0 Å². The summed E-state index contributed by atoms with van der Waals surface area (Å²) >= 11 is 5.94. The third-order valence-electron chi connectivity index (χ3n) is 3.48. The van der Waals surface area contributed by atoms with Crippen molar-refractivity contribution in [2.75, 3.05) is 13.7 Å². The van der Waals surface area contributed by atoms with E-state index in [0.717, 1.165) is 5.56 Å². The molecule has 124 valence electrons. The van der Waals surface area contributed by atoms with Gasteiger partial charge in [-0.05, 0) is 28.9 Å². The Kier molecular flexibility index (Phi) is 4.81. The van der Waals surface area contributed by atoms with Gasteiger partial charge in [0.25, 0.3) is 11.8 Å². The van der Waals surface area contributed by atoms with Gasteiger partial charge >= 0.3 is 0 Å². The molecule has 3 aromatic rings. The molecule has 8 heteroatoms. The van der Waals surface area contributed by atoms with E-state index in [9.17, 15) is 4.79 Å². The van der Waals surface area contributed by atoms with E-state index in [1.54, 1.807) is 23.0 Å². The molecule has 2 heterocycles. The first kappa shape index (κ1) is 16.1. The Morgan fingerprint density at radius 3 is 2.83 bits per heavy atom. The summed E-state index contributed by atoms with van der Waals surface area (Å²) in [4.78, 5) is 12.2. The van der Waals surface area contributed by atoms with Crippen LogP contribution in [0.1, 0.15) is 22.2 Å². The first-order chi connectivity index (χ1) is 11.7. The van der Waals surface area contributed by atoms with Gasteiger partial charge in [0.2, 0.25) is 5.76 Å². The number of methoxy groups -OCH3 is 1. The molecule has 0 bridgehead atoms. The average molecular weight is 347 g/mol. The van der Waals surface area contributed by atoms with E-state index in [0.29, 0.717) is 11.6 Å². The SMILES string of the molecule is COc1cc(C(=O)NC[C@H](c2ccc(Cl)cc2)n2cccn2)on1. The lowest BCUT2D eigenvalue weighted by molar-refractivity contribution is 0.0912. The van der Waals surface area contributed by atoms with Crippen LogP contribution in [0.5, 0.6) is 5.88 Å². The van der Waals surface area contributed by atoms with E-state index in [1.807, 2.05) is 24.4 Å². The molecular weight excluding hydrogens is 332 g/mol. The van der Waals surface area contributed by atoms with Crippen LogP contribution in [0.4, 0.5) is 0 Å². The predicted molar refractivity (Wildman–Crippen MR) is 87.2 cm³/mol. The standard InChI is InChI=1S/C16H15ClN4O3/c1-23-15-9-14(24-20-15)16(22)18-10-13(21-8-2-7-19-21)11-3-5-12(17)6-4-11/h2-9,13H,10H2,1H3,(H,18,22)/t13-/m1/s1. The van der Waals surface area contributed by atoms with Gasteiger partial charge in [-0.3, -0.25) is 9.48 Å². The molecule has 0 fully saturated rings. The minimum Gasteiger partial charge on any atom is -0.479 e. The molecule has 0 radical (unpaired) electrons. The molecule has 0 aliphatic rings. The molecule has 24 heavy (non-hydrogen) atoms. The van der Waals surface area contributed by atoms with Crippen LogP contribution >= 0.6 is 11.6 Å². The minimum atomic E-state index is -0.378. The topological polar surface area (TPSA) is 82.2 Å². The van der Waals surface area contributed by atoms with Crippen molar-refractivity contribution in [1.29, 1.82) is 0 Å². The summed E-state index contributed by atoms with van der Waals surface area (Å²) in [5.74, 6) is -0.0411. The predicted octanol–water partition coefficient (Wildman–Crippen LogP) is 2.55. The number of hydrogen-bond acceptors (Lipinski definition) is 5. The van der Waals surface area contributed by atoms with Crippen molar-refractivity contribution in [3.05, 3.63) is 65.1 Å². The number of rotatable bonds is 6. The van der Waals surface area contributed by atoms with Crippen molar-refractivity contribution < 1.29 is 14.1 Å². The second kappa shape index (κ2) is 7.18. The number of nitrogens with one attached hydrogen (secondary N) is 1. The summed E-state index contributed by atoms with van der Waals surface area (Å²) in [6.45, 7) is 0.325. The van der Waals surface area contributed by atoms with Crippen LogP contribution < -0.4 is 10.1 Å². The highest BCUT2D eigenvalue weighted by Crippen LogP contribution is 2.20. The van der Waals surface area contributed by atoms with Gasteiger partial charge in [-0.15, -0.1) is 0 Å². The molecule has 0 aliphatic heterocycles. The molecule has 0 unspecified atom stereocenters. The minimum absolute atomic E-state index is 0.0853. The lowest BCUT2D eigenvalue weighted by Gasteiger charge is -2.18. The molecule has 0 aliphatic carbocycles. The summed E-state index contributed by atoms with van der Waals surface area (Å²) in [6.07, 6.45) is 3.52. The van der Waals surface area contributed by atoms with E-state index in [4.69, 9.17) is 20.9 Å². The van der Waals surface area contributed by atoms with Crippen LogP contribution in [0.3, 0.4) is 0 Å². The van der Waals surface area contributed by atoms with Crippen LogP contribution in [0.25, 0.3) is 0 Å². The monoisotopic (exact) mass is 346 g/mol. The molecule has 3 rings (SSSR count). The third-order valence-corrected chi connectivity index (χ3v) is 3.73. The molecule has 0 saturated heterocycles. The maximum atomic E-state index is 12.2. The van der Waals surface area contributed by atoms with E-state index >= 15 is 0 Å². The second-order valence-electron chi connectivity index (χ2n) is 5.00.